The number of rotatable bonds is 7. The van der Waals surface area contributed by atoms with Crippen LogP contribution in [0.3, 0.4) is 0 Å². The molecule has 0 bridgehead atoms. The number of fused-ring (bicyclic) bond motifs is 1. The number of carbonyl (C=O) groups excluding carboxylic acids is 2. The average Bonchev–Trinajstić information content (AvgIpc) is 3.18. The van der Waals surface area contributed by atoms with Gasteiger partial charge < -0.3 is 25.3 Å². The van der Waals surface area contributed by atoms with E-state index in [0.717, 1.165) is 5.69 Å². The van der Waals surface area contributed by atoms with E-state index in [-0.39, 0.29) is 5.56 Å². The summed E-state index contributed by atoms with van der Waals surface area (Å²) in [6.45, 7) is 1.37. The van der Waals surface area contributed by atoms with Gasteiger partial charge in [0.15, 0.2) is 0 Å². The van der Waals surface area contributed by atoms with E-state index in [1.165, 1.54) is 0 Å². The van der Waals surface area contributed by atoms with Crippen molar-refractivity contribution in [1.29, 1.82) is 0 Å². The number of benzene rings is 1. The van der Waals surface area contributed by atoms with Crippen molar-refractivity contribution in [2.45, 2.75) is 19.6 Å². The standard InChI is InChI=1S/C18H20N4O5/c1-10-16(18(25)21-14(8-23)17(19)24)13-7-12(3-4-15(13)27-10)26-9-11-5-6-20-22(11)2/h3-7,14,23H,8-9H2,1-2H3,(H2,19,24)(H,21,25)/t14-/m0/s1. The molecule has 2 amide bonds. The lowest BCUT2D eigenvalue weighted by atomic mass is 10.1. The Labute approximate surface area is 154 Å². The highest BCUT2D eigenvalue weighted by atomic mass is 16.5. The highest BCUT2D eigenvalue weighted by Crippen LogP contribution is 2.29. The molecule has 0 saturated heterocycles. The van der Waals surface area contributed by atoms with Crippen molar-refractivity contribution < 1.29 is 23.8 Å². The molecule has 9 heteroatoms. The Kier molecular flexibility index (Phi) is 5.13. The molecule has 2 aromatic heterocycles. The quantitative estimate of drug-likeness (QED) is 0.557. The molecule has 0 aliphatic carbocycles. The first-order valence-electron chi connectivity index (χ1n) is 8.24. The third-order valence-electron chi connectivity index (χ3n) is 4.20. The monoisotopic (exact) mass is 372 g/mol. The predicted molar refractivity (Wildman–Crippen MR) is 96.0 cm³/mol. The van der Waals surface area contributed by atoms with Crippen molar-refractivity contribution in [2.24, 2.45) is 12.8 Å². The minimum Gasteiger partial charge on any atom is -0.487 e. The van der Waals surface area contributed by atoms with E-state index in [1.54, 1.807) is 36.0 Å². The third kappa shape index (κ3) is 3.77. The van der Waals surface area contributed by atoms with E-state index in [2.05, 4.69) is 10.4 Å². The number of nitrogens with one attached hydrogen (secondary N) is 1. The molecule has 1 atom stereocenters. The molecule has 0 spiro atoms. The maximum Gasteiger partial charge on any atom is 0.256 e. The lowest BCUT2D eigenvalue weighted by molar-refractivity contribution is -0.120. The van der Waals surface area contributed by atoms with Crippen LogP contribution < -0.4 is 15.8 Å². The topological polar surface area (TPSA) is 133 Å². The largest absolute Gasteiger partial charge is 0.487 e. The number of furan rings is 1. The van der Waals surface area contributed by atoms with Crippen LogP contribution in [0.15, 0.2) is 34.9 Å². The number of amides is 2. The van der Waals surface area contributed by atoms with Crippen LogP contribution in [-0.4, -0.2) is 39.4 Å². The Hall–Kier alpha value is -3.33. The predicted octanol–water partition coefficient (Wildman–Crippen LogP) is 0.630. The lowest BCUT2D eigenvalue weighted by Crippen LogP contribution is -2.46. The van der Waals surface area contributed by atoms with E-state index in [0.29, 0.717) is 29.1 Å². The molecular formula is C18H20N4O5. The Bertz CT molecular complexity index is 991. The lowest BCUT2D eigenvalue weighted by Gasteiger charge is -2.12. The summed E-state index contributed by atoms with van der Waals surface area (Å²) in [6.07, 6.45) is 1.68. The minimum atomic E-state index is -1.17. The molecule has 0 unspecified atom stereocenters. The molecule has 0 fully saturated rings. The molecule has 0 aliphatic rings. The summed E-state index contributed by atoms with van der Waals surface area (Å²) in [6, 6.07) is 5.80. The fourth-order valence-electron chi connectivity index (χ4n) is 2.71. The van der Waals surface area contributed by atoms with Gasteiger partial charge in [0.05, 0.1) is 17.9 Å². The van der Waals surface area contributed by atoms with Crippen LogP contribution in [0.2, 0.25) is 0 Å². The van der Waals surface area contributed by atoms with Gasteiger partial charge in [0.2, 0.25) is 5.91 Å². The van der Waals surface area contributed by atoms with Gasteiger partial charge >= 0.3 is 0 Å². The summed E-state index contributed by atoms with van der Waals surface area (Å²) in [7, 11) is 1.82. The maximum absolute atomic E-state index is 12.6. The van der Waals surface area contributed by atoms with Gasteiger partial charge in [0.25, 0.3) is 5.91 Å². The van der Waals surface area contributed by atoms with E-state index >= 15 is 0 Å². The van der Waals surface area contributed by atoms with Crippen LogP contribution in [0.4, 0.5) is 0 Å². The molecule has 2 heterocycles. The van der Waals surface area contributed by atoms with E-state index in [1.807, 2.05) is 13.1 Å². The number of aryl methyl sites for hydroxylation is 2. The first-order valence-corrected chi connectivity index (χ1v) is 8.24. The van der Waals surface area contributed by atoms with Crippen LogP contribution in [-0.2, 0) is 18.4 Å². The van der Waals surface area contributed by atoms with E-state index < -0.39 is 24.5 Å². The van der Waals surface area contributed by atoms with Crippen LogP contribution in [0.1, 0.15) is 21.8 Å². The van der Waals surface area contributed by atoms with Gasteiger partial charge in [-0.2, -0.15) is 5.10 Å². The van der Waals surface area contributed by atoms with Crippen molar-refractivity contribution in [1.82, 2.24) is 15.1 Å². The molecule has 27 heavy (non-hydrogen) atoms. The van der Waals surface area contributed by atoms with Gasteiger partial charge in [-0.25, -0.2) is 0 Å². The van der Waals surface area contributed by atoms with Gasteiger partial charge in [-0.05, 0) is 31.2 Å². The van der Waals surface area contributed by atoms with Gasteiger partial charge in [-0.15, -0.1) is 0 Å². The fourth-order valence-corrected chi connectivity index (χ4v) is 2.71. The molecule has 4 N–H and O–H groups in total. The molecular weight excluding hydrogens is 352 g/mol. The fraction of sp³-hybridized carbons (Fsp3) is 0.278. The first-order chi connectivity index (χ1) is 12.9. The average molecular weight is 372 g/mol. The smallest absolute Gasteiger partial charge is 0.256 e. The second kappa shape index (κ2) is 7.50. The van der Waals surface area contributed by atoms with Crippen LogP contribution in [0, 0.1) is 6.92 Å². The highest BCUT2D eigenvalue weighted by molar-refractivity contribution is 6.08. The number of primary amides is 1. The molecule has 3 aromatic rings. The van der Waals surface area contributed by atoms with Crippen LogP contribution in [0.5, 0.6) is 5.75 Å². The molecule has 9 nitrogen and oxygen atoms in total. The number of aliphatic hydroxyl groups excluding tert-OH is 1. The minimum absolute atomic E-state index is 0.260. The molecule has 1 aromatic carbocycles. The number of hydrogen-bond donors (Lipinski definition) is 3. The SMILES string of the molecule is Cc1oc2ccc(OCc3ccnn3C)cc2c1C(=O)N[C@@H](CO)C(N)=O. The molecule has 3 rings (SSSR count). The Balaban J connectivity index is 1.87. The van der Waals surface area contributed by atoms with Crippen molar-refractivity contribution in [3.63, 3.8) is 0 Å². The van der Waals surface area contributed by atoms with Gasteiger partial charge in [-0.1, -0.05) is 0 Å². The third-order valence-corrected chi connectivity index (χ3v) is 4.20. The second-order valence-corrected chi connectivity index (χ2v) is 6.04. The number of hydrogen-bond acceptors (Lipinski definition) is 6. The number of nitrogens with two attached hydrogens (primary N) is 1. The molecule has 0 aliphatic heterocycles. The summed E-state index contributed by atoms with van der Waals surface area (Å²) in [5.74, 6) is -0.455. The van der Waals surface area contributed by atoms with Gasteiger partial charge in [0, 0.05) is 18.6 Å². The highest BCUT2D eigenvalue weighted by Gasteiger charge is 2.23. The maximum atomic E-state index is 12.6. The molecule has 0 saturated carbocycles. The van der Waals surface area contributed by atoms with Crippen molar-refractivity contribution in [3.8, 4) is 5.75 Å². The number of ether oxygens (including phenoxy) is 1. The zero-order chi connectivity index (χ0) is 19.6. The van der Waals surface area contributed by atoms with Crippen molar-refractivity contribution >= 4 is 22.8 Å². The number of aromatic nitrogens is 2. The summed E-state index contributed by atoms with van der Waals surface area (Å²) < 4.78 is 13.1. The Morgan fingerprint density at radius 2 is 2.19 bits per heavy atom. The zero-order valence-electron chi connectivity index (χ0n) is 14.9. The van der Waals surface area contributed by atoms with Gasteiger partial charge in [-0.3, -0.25) is 14.3 Å². The number of carbonyl (C=O) groups is 2. The Morgan fingerprint density at radius 3 is 2.81 bits per heavy atom. The normalized spacial score (nSPS) is 12.1. The second-order valence-electron chi connectivity index (χ2n) is 6.04. The van der Waals surface area contributed by atoms with Crippen molar-refractivity contribution in [3.05, 3.63) is 47.5 Å². The Morgan fingerprint density at radius 1 is 1.41 bits per heavy atom. The van der Waals surface area contributed by atoms with Crippen LogP contribution >= 0.6 is 0 Å². The molecule has 142 valence electrons. The zero-order valence-corrected chi connectivity index (χ0v) is 14.9. The summed E-state index contributed by atoms with van der Waals surface area (Å²) in [4.78, 5) is 23.8. The van der Waals surface area contributed by atoms with E-state index in [9.17, 15) is 14.7 Å². The first kappa shape index (κ1) is 18.5. The summed E-state index contributed by atoms with van der Waals surface area (Å²) >= 11 is 0. The summed E-state index contributed by atoms with van der Waals surface area (Å²) in [5, 5.41) is 16.2. The summed E-state index contributed by atoms with van der Waals surface area (Å²) in [5.41, 5.74) is 6.81. The van der Waals surface area contributed by atoms with Gasteiger partial charge in [0.1, 0.15) is 29.7 Å². The van der Waals surface area contributed by atoms with E-state index in [4.69, 9.17) is 14.9 Å². The van der Waals surface area contributed by atoms with Crippen molar-refractivity contribution in [2.75, 3.05) is 6.61 Å². The number of aliphatic hydroxyl groups is 1. The number of nitrogens with zero attached hydrogens (tertiary/aromatic N) is 2. The molecule has 0 radical (unpaired) electrons. The van der Waals surface area contributed by atoms with Crippen LogP contribution in [0.25, 0.3) is 11.0 Å².